The van der Waals surface area contributed by atoms with Gasteiger partial charge >= 0.3 is 5.97 Å². The Hall–Kier alpha value is -1.82. The predicted octanol–water partition coefficient (Wildman–Crippen LogP) is 4.55. The normalized spacial score (nSPS) is 15.7. The lowest BCUT2D eigenvalue weighted by molar-refractivity contribution is -0.120. The average Bonchev–Trinajstić information content (AvgIpc) is 2.67. The van der Waals surface area contributed by atoms with E-state index in [1.54, 1.807) is 0 Å². The van der Waals surface area contributed by atoms with E-state index in [4.69, 9.17) is 19.3 Å². The summed E-state index contributed by atoms with van der Waals surface area (Å²) in [5.41, 5.74) is 1.13. The van der Waals surface area contributed by atoms with Crippen LogP contribution in [-0.4, -0.2) is 23.5 Å². The molecule has 1 aromatic rings. The first-order valence-corrected chi connectivity index (χ1v) is 10.1. The number of carboxylic acids is 1. The van der Waals surface area contributed by atoms with Crippen molar-refractivity contribution >= 4 is 56.9 Å². The fraction of sp³-hybridized carbons (Fsp3) is 0.158. The molecule has 27 heavy (non-hydrogen) atoms. The number of rotatable bonds is 6. The lowest BCUT2D eigenvalue weighted by atomic mass is 10.0. The van der Waals surface area contributed by atoms with Gasteiger partial charge in [0.1, 0.15) is 18.3 Å². The molecule has 2 aliphatic rings. The molecule has 0 fully saturated rings. The standard InChI is InChI=1S/C19H14I2O6/c20-13-6-12(19(23)24)7-14(21)18(13)26-8-15(22)17-10-25-9-16(27-17)11-4-2-1-3-5-11/h1-2,4,6-7,9-10H,3,5,8H2,(H,23,24). The van der Waals surface area contributed by atoms with Crippen molar-refractivity contribution in [2.75, 3.05) is 6.61 Å². The molecule has 0 amide bonds. The Bertz CT molecular complexity index is 888. The van der Waals surface area contributed by atoms with Gasteiger partial charge in [0.15, 0.2) is 12.4 Å². The molecular formula is C19H14I2O6. The van der Waals surface area contributed by atoms with E-state index in [9.17, 15) is 9.59 Å². The van der Waals surface area contributed by atoms with Crippen LogP contribution in [0.15, 0.2) is 60.0 Å². The first-order valence-electron chi connectivity index (χ1n) is 7.94. The van der Waals surface area contributed by atoms with Crippen molar-refractivity contribution < 1.29 is 28.9 Å². The summed E-state index contributed by atoms with van der Waals surface area (Å²) in [4.78, 5) is 23.5. The smallest absolute Gasteiger partial charge is 0.335 e. The first kappa shape index (κ1) is 19.9. The van der Waals surface area contributed by atoms with Crippen LogP contribution in [0.25, 0.3) is 0 Å². The van der Waals surface area contributed by atoms with Crippen molar-refractivity contribution in [3.8, 4) is 5.75 Å². The minimum atomic E-state index is -1.02. The molecule has 1 aromatic carbocycles. The number of Topliss-reactive ketones (excluding diaryl/α,β-unsaturated/α-hetero) is 1. The van der Waals surface area contributed by atoms with Gasteiger partial charge in [-0.2, -0.15) is 0 Å². The Balaban J connectivity index is 1.65. The highest BCUT2D eigenvalue weighted by atomic mass is 127. The number of carboxylic acid groups (broad SMARTS) is 1. The lowest BCUT2D eigenvalue weighted by Gasteiger charge is -2.19. The summed E-state index contributed by atoms with van der Waals surface area (Å²) in [7, 11) is 0. The fourth-order valence-corrected chi connectivity index (χ4v) is 4.51. The third-order valence-electron chi connectivity index (χ3n) is 3.77. The maximum atomic E-state index is 12.4. The van der Waals surface area contributed by atoms with Crippen molar-refractivity contribution in [1.29, 1.82) is 0 Å². The number of hydrogen-bond donors (Lipinski definition) is 1. The molecule has 1 N–H and O–H groups in total. The second kappa shape index (κ2) is 8.91. The number of ketones is 1. The number of carbonyl (C=O) groups excluding carboxylic acids is 1. The van der Waals surface area contributed by atoms with E-state index in [1.807, 2.05) is 57.3 Å². The molecule has 0 unspecified atom stereocenters. The van der Waals surface area contributed by atoms with Crippen molar-refractivity contribution in [3.05, 3.63) is 72.7 Å². The zero-order chi connectivity index (χ0) is 19.4. The molecule has 0 atom stereocenters. The minimum absolute atomic E-state index is 0.0649. The molecule has 140 valence electrons. The molecule has 6 nitrogen and oxygen atoms in total. The maximum Gasteiger partial charge on any atom is 0.335 e. The van der Waals surface area contributed by atoms with Crippen LogP contribution in [0.4, 0.5) is 0 Å². The Morgan fingerprint density at radius 3 is 2.56 bits per heavy atom. The van der Waals surface area contributed by atoms with Crippen LogP contribution in [0, 0.1) is 7.14 Å². The monoisotopic (exact) mass is 592 g/mol. The van der Waals surface area contributed by atoms with Crippen LogP contribution >= 0.6 is 45.2 Å². The van der Waals surface area contributed by atoms with Gasteiger partial charge in [0, 0.05) is 0 Å². The highest BCUT2D eigenvalue weighted by Crippen LogP contribution is 2.30. The van der Waals surface area contributed by atoms with Crippen molar-refractivity contribution in [2.45, 2.75) is 12.8 Å². The Labute approximate surface area is 182 Å². The summed E-state index contributed by atoms with van der Waals surface area (Å²) in [6.07, 6.45) is 10.4. The van der Waals surface area contributed by atoms with Gasteiger partial charge in [0.2, 0.25) is 11.5 Å². The number of allylic oxidation sites excluding steroid dienone is 4. The van der Waals surface area contributed by atoms with E-state index < -0.39 is 5.97 Å². The van der Waals surface area contributed by atoms with Crippen LogP contribution in [0.5, 0.6) is 5.75 Å². The zero-order valence-corrected chi connectivity index (χ0v) is 18.2. The molecule has 1 aliphatic heterocycles. The van der Waals surface area contributed by atoms with E-state index in [-0.39, 0.29) is 23.7 Å². The second-order valence-corrected chi connectivity index (χ2v) is 7.97. The number of halogens is 2. The third kappa shape index (κ3) is 4.92. The Morgan fingerprint density at radius 2 is 1.93 bits per heavy atom. The van der Waals surface area contributed by atoms with E-state index in [0.29, 0.717) is 18.6 Å². The number of benzene rings is 1. The average molecular weight is 592 g/mol. The third-order valence-corrected chi connectivity index (χ3v) is 5.37. The van der Waals surface area contributed by atoms with E-state index >= 15 is 0 Å². The van der Waals surface area contributed by atoms with Gasteiger partial charge in [-0.25, -0.2) is 4.79 Å². The maximum absolute atomic E-state index is 12.4. The van der Waals surface area contributed by atoms with Crippen LogP contribution in [-0.2, 0) is 14.3 Å². The summed E-state index contributed by atoms with van der Waals surface area (Å²) in [5.74, 6) is -0.350. The van der Waals surface area contributed by atoms with Gasteiger partial charge in [-0.3, -0.25) is 4.79 Å². The molecule has 0 saturated carbocycles. The number of carbonyl (C=O) groups is 2. The minimum Gasteiger partial charge on any atom is -0.483 e. The molecule has 0 spiro atoms. The number of ether oxygens (including phenoxy) is 3. The molecule has 1 heterocycles. The molecule has 3 rings (SSSR count). The topological polar surface area (TPSA) is 82.1 Å². The molecule has 0 aromatic heterocycles. The predicted molar refractivity (Wildman–Crippen MR) is 114 cm³/mol. The summed E-state index contributed by atoms with van der Waals surface area (Å²) < 4.78 is 17.8. The van der Waals surface area contributed by atoms with E-state index in [1.165, 1.54) is 24.7 Å². The molecule has 1 aliphatic carbocycles. The van der Waals surface area contributed by atoms with Crippen LogP contribution < -0.4 is 4.74 Å². The quantitative estimate of drug-likeness (QED) is 0.489. The van der Waals surface area contributed by atoms with E-state index in [0.717, 1.165) is 18.4 Å². The van der Waals surface area contributed by atoms with Gasteiger partial charge < -0.3 is 19.3 Å². The molecule has 8 heteroatoms. The van der Waals surface area contributed by atoms with Gasteiger partial charge in [-0.1, -0.05) is 18.2 Å². The second-order valence-electron chi connectivity index (χ2n) is 5.65. The lowest BCUT2D eigenvalue weighted by Crippen LogP contribution is -2.19. The SMILES string of the molecule is O=C(COc1c(I)cc(C(=O)O)cc1I)C1=COC=C(C2=CC=CCC2)O1. The van der Waals surface area contributed by atoms with Gasteiger partial charge in [-0.15, -0.1) is 0 Å². The summed E-state index contributed by atoms with van der Waals surface area (Å²) in [5, 5.41) is 9.09. The van der Waals surface area contributed by atoms with Crippen molar-refractivity contribution in [2.24, 2.45) is 0 Å². The van der Waals surface area contributed by atoms with Crippen LogP contribution in [0.2, 0.25) is 0 Å². The van der Waals surface area contributed by atoms with Crippen LogP contribution in [0.1, 0.15) is 23.2 Å². The van der Waals surface area contributed by atoms with Gasteiger partial charge in [-0.05, 0) is 75.7 Å². The van der Waals surface area contributed by atoms with Crippen molar-refractivity contribution in [3.63, 3.8) is 0 Å². The summed E-state index contributed by atoms with van der Waals surface area (Å²) >= 11 is 3.96. The van der Waals surface area contributed by atoms with Crippen molar-refractivity contribution in [1.82, 2.24) is 0 Å². The van der Waals surface area contributed by atoms with Gasteiger partial charge in [0.05, 0.1) is 12.7 Å². The first-order chi connectivity index (χ1) is 13.0. The zero-order valence-electron chi connectivity index (χ0n) is 13.9. The summed E-state index contributed by atoms with van der Waals surface area (Å²) in [6, 6.07) is 2.99. The molecule has 0 saturated heterocycles. The number of aromatic carboxylic acids is 1. The summed E-state index contributed by atoms with van der Waals surface area (Å²) in [6.45, 7) is -0.250. The largest absolute Gasteiger partial charge is 0.483 e. The molecule has 0 bridgehead atoms. The molecule has 0 radical (unpaired) electrons. The number of hydrogen-bond acceptors (Lipinski definition) is 5. The van der Waals surface area contributed by atoms with Gasteiger partial charge in [0.25, 0.3) is 0 Å². The van der Waals surface area contributed by atoms with Crippen LogP contribution in [0.3, 0.4) is 0 Å². The van der Waals surface area contributed by atoms with E-state index in [2.05, 4.69) is 6.08 Å². The Morgan fingerprint density at radius 1 is 1.19 bits per heavy atom. The highest BCUT2D eigenvalue weighted by Gasteiger charge is 2.22. The Kier molecular flexibility index (Phi) is 6.58. The highest BCUT2D eigenvalue weighted by molar-refractivity contribution is 14.1. The molecular weight excluding hydrogens is 578 g/mol. The fourth-order valence-electron chi connectivity index (χ4n) is 2.43.